The SMILES string of the molecule is CN(C=O)C(Cc1ccc(O)cc1)C(=O)O. The quantitative estimate of drug-likeness (QED) is 0.711. The number of hydrogen-bond acceptors (Lipinski definition) is 3. The van der Waals surface area contributed by atoms with Gasteiger partial charge in [0, 0.05) is 13.5 Å². The van der Waals surface area contributed by atoms with E-state index in [1.807, 2.05) is 0 Å². The highest BCUT2D eigenvalue weighted by molar-refractivity contribution is 5.76. The topological polar surface area (TPSA) is 77.8 Å². The van der Waals surface area contributed by atoms with Crippen molar-refractivity contribution < 1.29 is 19.8 Å². The number of carboxylic acid groups (broad SMARTS) is 1. The van der Waals surface area contributed by atoms with Crippen LogP contribution in [0.2, 0.25) is 0 Å². The van der Waals surface area contributed by atoms with E-state index < -0.39 is 12.0 Å². The number of carboxylic acids is 1. The molecule has 5 nitrogen and oxygen atoms in total. The van der Waals surface area contributed by atoms with Gasteiger partial charge in [-0.25, -0.2) is 4.79 Å². The normalized spacial score (nSPS) is 11.8. The number of amides is 1. The van der Waals surface area contributed by atoms with Crippen LogP contribution in [0.5, 0.6) is 5.75 Å². The zero-order valence-corrected chi connectivity index (χ0v) is 8.83. The predicted molar refractivity (Wildman–Crippen MR) is 57.1 cm³/mol. The Morgan fingerprint density at radius 2 is 2.00 bits per heavy atom. The number of aromatic hydroxyl groups is 1. The lowest BCUT2D eigenvalue weighted by Crippen LogP contribution is -2.39. The van der Waals surface area contributed by atoms with E-state index in [2.05, 4.69) is 0 Å². The highest BCUT2D eigenvalue weighted by Crippen LogP contribution is 2.12. The summed E-state index contributed by atoms with van der Waals surface area (Å²) < 4.78 is 0. The molecule has 0 saturated carbocycles. The maximum Gasteiger partial charge on any atom is 0.326 e. The van der Waals surface area contributed by atoms with Crippen LogP contribution >= 0.6 is 0 Å². The monoisotopic (exact) mass is 223 g/mol. The number of hydrogen-bond donors (Lipinski definition) is 2. The highest BCUT2D eigenvalue weighted by atomic mass is 16.4. The van der Waals surface area contributed by atoms with Gasteiger partial charge in [0.1, 0.15) is 11.8 Å². The van der Waals surface area contributed by atoms with Crippen LogP contribution in [-0.2, 0) is 16.0 Å². The molecule has 0 spiro atoms. The van der Waals surface area contributed by atoms with Crippen molar-refractivity contribution in [3.8, 4) is 5.75 Å². The second-order valence-electron chi connectivity index (χ2n) is 3.50. The number of nitrogens with zero attached hydrogens (tertiary/aromatic N) is 1. The Balaban J connectivity index is 2.79. The van der Waals surface area contributed by atoms with Gasteiger partial charge in [0.05, 0.1) is 0 Å². The van der Waals surface area contributed by atoms with E-state index in [4.69, 9.17) is 10.2 Å². The Bertz CT molecular complexity index is 374. The van der Waals surface area contributed by atoms with Gasteiger partial charge >= 0.3 is 5.97 Å². The lowest BCUT2D eigenvalue weighted by atomic mass is 10.1. The third kappa shape index (κ3) is 2.98. The lowest BCUT2D eigenvalue weighted by Gasteiger charge is -2.20. The summed E-state index contributed by atoms with van der Waals surface area (Å²) in [6.07, 6.45) is 0.698. The molecule has 0 heterocycles. The van der Waals surface area contributed by atoms with Crippen molar-refractivity contribution in [1.82, 2.24) is 4.90 Å². The first-order valence-corrected chi connectivity index (χ1v) is 4.72. The Morgan fingerprint density at radius 3 is 2.44 bits per heavy atom. The van der Waals surface area contributed by atoms with Crippen molar-refractivity contribution in [3.05, 3.63) is 29.8 Å². The first-order valence-electron chi connectivity index (χ1n) is 4.72. The molecule has 1 aromatic rings. The van der Waals surface area contributed by atoms with E-state index >= 15 is 0 Å². The fourth-order valence-corrected chi connectivity index (χ4v) is 1.33. The summed E-state index contributed by atoms with van der Waals surface area (Å²) in [6, 6.07) is 5.33. The second-order valence-corrected chi connectivity index (χ2v) is 3.50. The molecule has 16 heavy (non-hydrogen) atoms. The summed E-state index contributed by atoms with van der Waals surface area (Å²) in [7, 11) is 1.42. The smallest absolute Gasteiger partial charge is 0.326 e. The minimum absolute atomic E-state index is 0.124. The highest BCUT2D eigenvalue weighted by Gasteiger charge is 2.21. The van der Waals surface area contributed by atoms with Gasteiger partial charge in [0.2, 0.25) is 6.41 Å². The lowest BCUT2D eigenvalue weighted by molar-refractivity contribution is -0.145. The summed E-state index contributed by atoms with van der Waals surface area (Å²) in [5.41, 5.74) is 0.749. The molecule has 1 unspecified atom stereocenters. The van der Waals surface area contributed by atoms with Gasteiger partial charge in [-0.2, -0.15) is 0 Å². The Kier molecular flexibility index (Phi) is 3.88. The van der Waals surface area contributed by atoms with Crippen molar-refractivity contribution in [2.24, 2.45) is 0 Å². The van der Waals surface area contributed by atoms with Gasteiger partial charge < -0.3 is 15.1 Å². The zero-order valence-electron chi connectivity index (χ0n) is 8.83. The van der Waals surface area contributed by atoms with Gasteiger partial charge in [-0.05, 0) is 17.7 Å². The summed E-state index contributed by atoms with van der Waals surface area (Å²) in [6.45, 7) is 0. The van der Waals surface area contributed by atoms with Gasteiger partial charge in [-0.15, -0.1) is 0 Å². The first-order chi connectivity index (χ1) is 7.54. The van der Waals surface area contributed by atoms with E-state index in [1.165, 1.54) is 19.2 Å². The number of phenolic OH excluding ortho intramolecular Hbond substituents is 1. The third-order valence-corrected chi connectivity index (χ3v) is 2.31. The molecule has 0 saturated heterocycles. The molecule has 0 fully saturated rings. The molecule has 1 atom stereocenters. The minimum atomic E-state index is -1.05. The summed E-state index contributed by atoms with van der Waals surface area (Å²) in [5.74, 6) is -0.929. The van der Waals surface area contributed by atoms with Crippen LogP contribution in [0, 0.1) is 0 Å². The van der Waals surface area contributed by atoms with Crippen LogP contribution < -0.4 is 0 Å². The van der Waals surface area contributed by atoms with Gasteiger partial charge in [-0.3, -0.25) is 4.79 Å². The molecule has 0 aliphatic rings. The maximum absolute atomic E-state index is 10.9. The number of carbonyl (C=O) groups excluding carboxylic acids is 1. The minimum Gasteiger partial charge on any atom is -0.508 e. The number of phenols is 1. The van der Waals surface area contributed by atoms with Crippen molar-refractivity contribution in [2.75, 3.05) is 7.05 Å². The molecular weight excluding hydrogens is 210 g/mol. The van der Waals surface area contributed by atoms with Crippen molar-refractivity contribution in [1.29, 1.82) is 0 Å². The van der Waals surface area contributed by atoms with Crippen LogP contribution in [0.1, 0.15) is 5.56 Å². The number of carbonyl (C=O) groups is 2. The molecule has 2 N–H and O–H groups in total. The Labute approximate surface area is 92.9 Å². The first kappa shape index (κ1) is 12.0. The number of aliphatic carboxylic acids is 1. The van der Waals surface area contributed by atoms with Crippen LogP contribution in [-0.4, -0.2) is 40.6 Å². The van der Waals surface area contributed by atoms with Crippen LogP contribution in [0.3, 0.4) is 0 Å². The Hall–Kier alpha value is -2.04. The summed E-state index contributed by atoms with van der Waals surface area (Å²) in [4.78, 5) is 22.5. The molecule has 0 aromatic heterocycles. The molecule has 0 bridgehead atoms. The maximum atomic E-state index is 10.9. The molecule has 0 aliphatic heterocycles. The second kappa shape index (κ2) is 5.16. The van der Waals surface area contributed by atoms with E-state index in [9.17, 15) is 9.59 Å². The van der Waals surface area contributed by atoms with Crippen molar-refractivity contribution in [2.45, 2.75) is 12.5 Å². The van der Waals surface area contributed by atoms with Gasteiger partial charge in [0.25, 0.3) is 0 Å². The molecule has 5 heteroatoms. The number of likely N-dealkylation sites (N-methyl/N-ethyl adjacent to an activating group) is 1. The van der Waals surface area contributed by atoms with Crippen molar-refractivity contribution >= 4 is 12.4 Å². The zero-order chi connectivity index (χ0) is 12.1. The fraction of sp³-hybridized carbons (Fsp3) is 0.273. The van der Waals surface area contributed by atoms with E-state index in [-0.39, 0.29) is 12.2 Å². The van der Waals surface area contributed by atoms with Crippen molar-refractivity contribution in [3.63, 3.8) is 0 Å². The van der Waals surface area contributed by atoms with E-state index in [0.717, 1.165) is 10.5 Å². The largest absolute Gasteiger partial charge is 0.508 e. The van der Waals surface area contributed by atoms with Gasteiger partial charge in [0.15, 0.2) is 0 Å². The summed E-state index contributed by atoms with van der Waals surface area (Å²) in [5, 5.41) is 18.0. The standard InChI is InChI=1S/C11H13NO4/c1-12(7-13)10(11(15)16)6-8-2-4-9(14)5-3-8/h2-5,7,10,14H,6H2,1H3,(H,15,16). The molecule has 0 radical (unpaired) electrons. The molecule has 1 amide bonds. The van der Waals surface area contributed by atoms with Gasteiger partial charge in [-0.1, -0.05) is 12.1 Å². The van der Waals surface area contributed by atoms with E-state index in [1.54, 1.807) is 12.1 Å². The number of rotatable bonds is 5. The average molecular weight is 223 g/mol. The molecule has 1 rings (SSSR count). The van der Waals surface area contributed by atoms with Crippen LogP contribution in [0.15, 0.2) is 24.3 Å². The summed E-state index contributed by atoms with van der Waals surface area (Å²) >= 11 is 0. The fourth-order valence-electron chi connectivity index (χ4n) is 1.33. The van der Waals surface area contributed by atoms with E-state index in [0.29, 0.717) is 6.41 Å². The molecule has 1 aromatic carbocycles. The molecular formula is C11H13NO4. The van der Waals surface area contributed by atoms with Crippen LogP contribution in [0.25, 0.3) is 0 Å². The third-order valence-electron chi connectivity index (χ3n) is 2.31. The molecule has 0 aliphatic carbocycles. The average Bonchev–Trinajstić information content (AvgIpc) is 2.27. The van der Waals surface area contributed by atoms with Crippen LogP contribution in [0.4, 0.5) is 0 Å². The Morgan fingerprint density at radius 1 is 1.44 bits per heavy atom. The number of benzene rings is 1. The predicted octanol–water partition coefficient (Wildman–Crippen LogP) is 0.476. The molecule has 86 valence electrons.